The first-order valence-corrected chi connectivity index (χ1v) is 4.59. The van der Waals surface area contributed by atoms with Crippen LogP contribution in [0.5, 0.6) is 0 Å². The van der Waals surface area contributed by atoms with Crippen molar-refractivity contribution >= 4 is 5.97 Å². The van der Waals surface area contributed by atoms with Gasteiger partial charge in [-0.25, -0.2) is 0 Å². The summed E-state index contributed by atoms with van der Waals surface area (Å²) in [6, 6.07) is 0.553. The molecular formula is C9H17NO3. The van der Waals surface area contributed by atoms with E-state index in [0.717, 1.165) is 13.2 Å². The van der Waals surface area contributed by atoms with Gasteiger partial charge in [-0.1, -0.05) is 0 Å². The van der Waals surface area contributed by atoms with E-state index in [9.17, 15) is 4.79 Å². The van der Waals surface area contributed by atoms with Crippen LogP contribution in [-0.2, 0) is 14.3 Å². The summed E-state index contributed by atoms with van der Waals surface area (Å²) in [5.74, 6) is -0.207. The van der Waals surface area contributed by atoms with E-state index in [4.69, 9.17) is 4.74 Å². The number of carbonyl (C=O) groups is 1. The number of likely N-dealkylation sites (N-methyl/N-ethyl adjacent to an activating group) is 1. The molecule has 1 fully saturated rings. The minimum Gasteiger partial charge on any atom is -0.469 e. The number of hydrogen-bond donors (Lipinski definition) is 0. The highest BCUT2D eigenvalue weighted by Crippen LogP contribution is 2.13. The second kappa shape index (κ2) is 5.19. The second-order valence-electron chi connectivity index (χ2n) is 3.32. The molecule has 13 heavy (non-hydrogen) atoms. The lowest BCUT2D eigenvalue weighted by Crippen LogP contribution is -2.47. The van der Waals surface area contributed by atoms with Crippen molar-refractivity contribution in [3.05, 3.63) is 0 Å². The molecule has 0 aromatic heterocycles. The van der Waals surface area contributed by atoms with Crippen molar-refractivity contribution in [1.82, 2.24) is 4.90 Å². The van der Waals surface area contributed by atoms with Crippen LogP contribution >= 0.6 is 0 Å². The van der Waals surface area contributed by atoms with Crippen LogP contribution in [0.1, 0.15) is 12.8 Å². The highest BCUT2D eigenvalue weighted by Gasteiger charge is 2.23. The summed E-state index contributed by atoms with van der Waals surface area (Å²) in [6.45, 7) is 2.36. The molecule has 0 saturated carbocycles. The summed E-state index contributed by atoms with van der Waals surface area (Å²) in [5, 5.41) is 0. The van der Waals surface area contributed by atoms with E-state index in [0.29, 0.717) is 19.1 Å². The van der Waals surface area contributed by atoms with E-state index in [2.05, 4.69) is 16.7 Å². The molecule has 0 aromatic carbocycles. The van der Waals surface area contributed by atoms with Crippen molar-refractivity contribution in [1.29, 1.82) is 0 Å². The van der Waals surface area contributed by atoms with Crippen molar-refractivity contribution in [2.24, 2.45) is 0 Å². The van der Waals surface area contributed by atoms with Gasteiger partial charge < -0.3 is 14.4 Å². The van der Waals surface area contributed by atoms with Gasteiger partial charge in [0.2, 0.25) is 0 Å². The molecule has 1 unspecified atom stereocenters. The Morgan fingerprint density at radius 1 is 1.62 bits per heavy atom. The zero-order valence-electron chi connectivity index (χ0n) is 8.28. The molecule has 0 aromatic rings. The van der Waals surface area contributed by atoms with Crippen molar-refractivity contribution in [2.75, 3.05) is 33.9 Å². The lowest BCUT2D eigenvalue weighted by atomic mass is 10.1. The molecule has 1 saturated heterocycles. The zero-order chi connectivity index (χ0) is 9.68. The molecule has 1 heterocycles. The van der Waals surface area contributed by atoms with Crippen molar-refractivity contribution in [3.63, 3.8) is 0 Å². The molecule has 0 spiro atoms. The summed E-state index contributed by atoms with van der Waals surface area (Å²) < 4.78 is 9.83. The summed E-state index contributed by atoms with van der Waals surface area (Å²) in [4.78, 5) is 12.9. The number of ether oxygens (including phenoxy) is 2. The Morgan fingerprint density at radius 2 is 2.38 bits per heavy atom. The Balaban J connectivity index is 1.92. The van der Waals surface area contributed by atoms with E-state index in [1.807, 2.05) is 0 Å². The average molecular weight is 187 g/mol. The highest BCUT2D eigenvalue weighted by atomic mass is 16.5. The smallest absolute Gasteiger partial charge is 0.307 e. The standard InChI is InChI=1S/C9H17NO3/c1-10-5-3-8(10)7-13-6-4-9(11)12-2/h8H,3-7H2,1-2H3. The van der Waals surface area contributed by atoms with Gasteiger partial charge >= 0.3 is 5.97 Å². The predicted octanol–water partition coefficient (Wildman–Crippen LogP) is 0.270. The van der Waals surface area contributed by atoms with Crippen LogP contribution in [0.25, 0.3) is 0 Å². The van der Waals surface area contributed by atoms with Crippen LogP contribution in [0.2, 0.25) is 0 Å². The first kappa shape index (κ1) is 10.5. The third-order valence-corrected chi connectivity index (χ3v) is 2.43. The third kappa shape index (κ3) is 3.32. The number of carbonyl (C=O) groups excluding carboxylic acids is 1. The van der Waals surface area contributed by atoms with Gasteiger partial charge in [-0.2, -0.15) is 0 Å². The molecule has 4 nitrogen and oxygen atoms in total. The molecule has 0 amide bonds. The molecule has 1 aliphatic rings. The van der Waals surface area contributed by atoms with E-state index in [1.54, 1.807) is 0 Å². The largest absolute Gasteiger partial charge is 0.469 e. The molecule has 1 rings (SSSR count). The van der Waals surface area contributed by atoms with Crippen LogP contribution in [0.15, 0.2) is 0 Å². The number of hydrogen-bond acceptors (Lipinski definition) is 4. The van der Waals surface area contributed by atoms with Gasteiger partial charge in [0.05, 0.1) is 26.7 Å². The molecule has 4 heteroatoms. The first-order valence-electron chi connectivity index (χ1n) is 4.59. The lowest BCUT2D eigenvalue weighted by molar-refractivity contribution is -0.142. The molecular weight excluding hydrogens is 170 g/mol. The minimum absolute atomic E-state index is 0.207. The van der Waals surface area contributed by atoms with Gasteiger partial charge in [-0.15, -0.1) is 0 Å². The fourth-order valence-corrected chi connectivity index (χ4v) is 1.26. The topological polar surface area (TPSA) is 38.8 Å². The summed E-state index contributed by atoms with van der Waals surface area (Å²) in [6.07, 6.45) is 1.56. The Labute approximate surface area is 78.8 Å². The molecule has 0 bridgehead atoms. The second-order valence-corrected chi connectivity index (χ2v) is 3.32. The summed E-state index contributed by atoms with van der Waals surface area (Å²) >= 11 is 0. The van der Waals surface area contributed by atoms with E-state index in [1.165, 1.54) is 13.5 Å². The normalized spacial score (nSPS) is 22.5. The summed E-state index contributed by atoms with van der Waals surface area (Å²) in [5.41, 5.74) is 0. The SMILES string of the molecule is COC(=O)CCOCC1CCN1C. The number of esters is 1. The number of rotatable bonds is 5. The Bertz CT molecular complexity index is 172. The van der Waals surface area contributed by atoms with Crippen LogP contribution in [0.3, 0.4) is 0 Å². The molecule has 76 valence electrons. The fraction of sp³-hybridized carbons (Fsp3) is 0.889. The maximum Gasteiger partial charge on any atom is 0.307 e. The van der Waals surface area contributed by atoms with Crippen LogP contribution in [0.4, 0.5) is 0 Å². The van der Waals surface area contributed by atoms with Gasteiger partial charge in [-0.05, 0) is 20.0 Å². The third-order valence-electron chi connectivity index (χ3n) is 2.43. The average Bonchev–Trinajstić information content (AvgIpc) is 2.14. The van der Waals surface area contributed by atoms with Crippen LogP contribution in [-0.4, -0.2) is 50.8 Å². The van der Waals surface area contributed by atoms with Crippen molar-refractivity contribution in [2.45, 2.75) is 18.9 Å². The monoisotopic (exact) mass is 187 g/mol. The van der Waals surface area contributed by atoms with Gasteiger partial charge in [0, 0.05) is 6.04 Å². The van der Waals surface area contributed by atoms with Gasteiger partial charge in [0.25, 0.3) is 0 Å². The molecule has 1 atom stereocenters. The van der Waals surface area contributed by atoms with E-state index >= 15 is 0 Å². The highest BCUT2D eigenvalue weighted by molar-refractivity contribution is 5.69. The van der Waals surface area contributed by atoms with E-state index < -0.39 is 0 Å². The van der Waals surface area contributed by atoms with Crippen molar-refractivity contribution in [3.8, 4) is 0 Å². The Kier molecular flexibility index (Phi) is 4.18. The number of likely N-dealkylation sites (tertiary alicyclic amines) is 1. The predicted molar refractivity (Wildman–Crippen MR) is 48.5 cm³/mol. The Morgan fingerprint density at radius 3 is 2.85 bits per heavy atom. The van der Waals surface area contributed by atoms with Crippen LogP contribution < -0.4 is 0 Å². The quantitative estimate of drug-likeness (QED) is 0.457. The first-order chi connectivity index (χ1) is 6.24. The number of nitrogens with zero attached hydrogens (tertiary/aromatic N) is 1. The van der Waals surface area contributed by atoms with Gasteiger partial charge in [-0.3, -0.25) is 4.79 Å². The Hall–Kier alpha value is -0.610. The fourth-order valence-electron chi connectivity index (χ4n) is 1.26. The summed E-state index contributed by atoms with van der Waals surface area (Å²) in [7, 11) is 3.47. The van der Waals surface area contributed by atoms with Gasteiger partial charge in [0.15, 0.2) is 0 Å². The molecule has 0 N–H and O–H groups in total. The maximum absolute atomic E-state index is 10.7. The maximum atomic E-state index is 10.7. The lowest BCUT2D eigenvalue weighted by Gasteiger charge is -2.37. The zero-order valence-corrected chi connectivity index (χ0v) is 8.28. The minimum atomic E-state index is -0.207. The molecule has 0 radical (unpaired) electrons. The molecule has 1 aliphatic heterocycles. The van der Waals surface area contributed by atoms with Crippen molar-refractivity contribution < 1.29 is 14.3 Å². The number of methoxy groups -OCH3 is 1. The van der Waals surface area contributed by atoms with Crippen LogP contribution in [0, 0.1) is 0 Å². The van der Waals surface area contributed by atoms with E-state index in [-0.39, 0.29) is 5.97 Å². The molecule has 0 aliphatic carbocycles. The van der Waals surface area contributed by atoms with Gasteiger partial charge in [0.1, 0.15) is 0 Å².